The van der Waals surface area contributed by atoms with Crippen molar-refractivity contribution in [1.29, 1.82) is 0 Å². The van der Waals surface area contributed by atoms with E-state index in [-0.39, 0.29) is 5.69 Å². The summed E-state index contributed by atoms with van der Waals surface area (Å²) in [7, 11) is -4.14. The minimum Gasteiger partial charge on any atom is -0.340 e. The summed E-state index contributed by atoms with van der Waals surface area (Å²) < 4.78 is 55.5. The lowest BCUT2D eigenvalue weighted by molar-refractivity contribution is 0.568. The molecule has 8 nitrogen and oxygen atoms in total. The molecule has 2 N–H and O–H groups in total. The van der Waals surface area contributed by atoms with Crippen LogP contribution < -0.4 is 10.0 Å². The molecule has 4 aromatic rings. The van der Waals surface area contributed by atoms with Gasteiger partial charge in [0, 0.05) is 35.9 Å². The predicted molar refractivity (Wildman–Crippen MR) is 111 cm³/mol. The fourth-order valence-corrected chi connectivity index (χ4v) is 3.93. The summed E-state index contributed by atoms with van der Waals surface area (Å²) in [5.41, 5.74) is 0.874. The minimum atomic E-state index is -4.14. The van der Waals surface area contributed by atoms with Gasteiger partial charge in [-0.05, 0) is 43.3 Å². The first-order chi connectivity index (χ1) is 14.8. The highest BCUT2D eigenvalue weighted by Crippen LogP contribution is 2.22. The van der Waals surface area contributed by atoms with Gasteiger partial charge in [-0.2, -0.15) is 0 Å². The number of aryl methyl sites for hydroxylation is 1. The van der Waals surface area contributed by atoms with Crippen molar-refractivity contribution >= 4 is 27.2 Å². The molecule has 0 fully saturated rings. The zero-order valence-corrected chi connectivity index (χ0v) is 16.9. The molecule has 0 radical (unpaired) electrons. The van der Waals surface area contributed by atoms with Crippen LogP contribution in [0.25, 0.3) is 5.82 Å². The Kier molecular flexibility index (Phi) is 5.34. The quantitative estimate of drug-likeness (QED) is 0.471. The number of hydrogen-bond acceptors (Lipinski definition) is 6. The molecule has 158 valence electrons. The first kappa shape index (κ1) is 20.4. The van der Waals surface area contributed by atoms with Gasteiger partial charge in [-0.25, -0.2) is 32.2 Å². The standard InChI is InChI=1S/C20H16F2N6O2S/c1-13-23-6-7-28(13)20-11-19(24-12-25-20)26-16-2-4-17(5-3-16)27-31(29,30)18-9-14(21)8-15(22)10-18/h2-12,27H,1H3,(H,24,25,26). The SMILES string of the molecule is Cc1nccn1-c1cc(Nc2ccc(NS(=O)(=O)c3cc(F)cc(F)c3)cc2)ncn1. The molecule has 2 aromatic heterocycles. The van der Waals surface area contributed by atoms with Crippen LogP contribution in [0.4, 0.5) is 26.0 Å². The lowest BCUT2D eigenvalue weighted by Crippen LogP contribution is -2.13. The number of benzene rings is 2. The highest BCUT2D eigenvalue weighted by atomic mass is 32.2. The summed E-state index contributed by atoms with van der Waals surface area (Å²) in [5.74, 6) is -0.00889. The van der Waals surface area contributed by atoms with Gasteiger partial charge in [-0.3, -0.25) is 9.29 Å². The third kappa shape index (κ3) is 4.67. The Morgan fingerprint density at radius 1 is 0.903 bits per heavy atom. The van der Waals surface area contributed by atoms with E-state index in [0.717, 1.165) is 18.0 Å². The Labute approximate surface area is 176 Å². The van der Waals surface area contributed by atoms with Crippen LogP contribution in [0.5, 0.6) is 0 Å². The first-order valence-corrected chi connectivity index (χ1v) is 10.5. The molecular formula is C20H16F2N6O2S. The molecule has 0 aliphatic rings. The van der Waals surface area contributed by atoms with E-state index in [1.54, 1.807) is 35.2 Å². The van der Waals surface area contributed by atoms with Crippen molar-refractivity contribution in [3.05, 3.63) is 84.7 Å². The van der Waals surface area contributed by atoms with Crippen LogP contribution in [0.3, 0.4) is 0 Å². The van der Waals surface area contributed by atoms with Gasteiger partial charge in [0.15, 0.2) is 0 Å². The molecule has 2 heterocycles. The van der Waals surface area contributed by atoms with Crippen LogP contribution in [-0.4, -0.2) is 27.9 Å². The van der Waals surface area contributed by atoms with Gasteiger partial charge in [0.2, 0.25) is 0 Å². The van der Waals surface area contributed by atoms with Crippen LogP contribution in [0.2, 0.25) is 0 Å². The molecule has 4 rings (SSSR count). The monoisotopic (exact) mass is 442 g/mol. The Morgan fingerprint density at radius 3 is 2.23 bits per heavy atom. The molecule has 0 spiro atoms. The zero-order valence-electron chi connectivity index (χ0n) is 16.1. The highest BCUT2D eigenvalue weighted by Gasteiger charge is 2.16. The second-order valence-corrected chi connectivity index (χ2v) is 8.20. The smallest absolute Gasteiger partial charge is 0.262 e. The number of rotatable bonds is 6. The molecule has 11 heteroatoms. The van der Waals surface area contributed by atoms with Crippen molar-refractivity contribution in [2.45, 2.75) is 11.8 Å². The molecule has 0 amide bonds. The summed E-state index contributed by atoms with van der Waals surface area (Å²) in [4.78, 5) is 12.1. The highest BCUT2D eigenvalue weighted by molar-refractivity contribution is 7.92. The molecule has 0 aliphatic heterocycles. The average molecular weight is 442 g/mol. The summed E-state index contributed by atoms with van der Waals surface area (Å²) >= 11 is 0. The summed E-state index contributed by atoms with van der Waals surface area (Å²) in [6.45, 7) is 1.85. The maximum absolute atomic E-state index is 13.3. The number of imidazole rings is 1. The molecule has 0 bridgehead atoms. The fraction of sp³-hybridized carbons (Fsp3) is 0.0500. The molecule has 2 aromatic carbocycles. The van der Waals surface area contributed by atoms with Crippen LogP contribution in [0.1, 0.15) is 5.82 Å². The lowest BCUT2D eigenvalue weighted by Gasteiger charge is -2.11. The Balaban J connectivity index is 1.49. The van der Waals surface area contributed by atoms with Crippen molar-refractivity contribution in [2.75, 3.05) is 10.0 Å². The van der Waals surface area contributed by atoms with E-state index in [4.69, 9.17) is 0 Å². The van der Waals surface area contributed by atoms with E-state index in [9.17, 15) is 17.2 Å². The van der Waals surface area contributed by atoms with E-state index in [2.05, 4.69) is 25.0 Å². The van der Waals surface area contributed by atoms with E-state index in [0.29, 0.717) is 23.4 Å². The number of anilines is 3. The molecule has 0 aliphatic carbocycles. The van der Waals surface area contributed by atoms with Gasteiger partial charge in [-0.1, -0.05) is 0 Å². The first-order valence-electron chi connectivity index (χ1n) is 8.98. The van der Waals surface area contributed by atoms with E-state index >= 15 is 0 Å². The van der Waals surface area contributed by atoms with Crippen LogP contribution in [0, 0.1) is 18.6 Å². The maximum atomic E-state index is 13.3. The Morgan fingerprint density at radius 2 is 1.58 bits per heavy atom. The van der Waals surface area contributed by atoms with Crippen molar-refractivity contribution in [2.24, 2.45) is 0 Å². The molecule has 0 saturated carbocycles. The normalized spacial score (nSPS) is 11.3. The number of nitrogens with zero attached hydrogens (tertiary/aromatic N) is 4. The summed E-state index contributed by atoms with van der Waals surface area (Å²) in [5, 5.41) is 3.10. The predicted octanol–water partition coefficient (Wildman–Crippen LogP) is 3.79. The third-order valence-corrected chi connectivity index (χ3v) is 5.64. The van der Waals surface area contributed by atoms with Gasteiger partial charge >= 0.3 is 0 Å². The van der Waals surface area contributed by atoms with Crippen molar-refractivity contribution in [1.82, 2.24) is 19.5 Å². The Hall–Kier alpha value is -3.86. The zero-order chi connectivity index (χ0) is 22.0. The van der Waals surface area contributed by atoms with Gasteiger partial charge in [-0.15, -0.1) is 0 Å². The van der Waals surface area contributed by atoms with E-state index in [1.807, 2.05) is 6.92 Å². The van der Waals surface area contributed by atoms with Crippen molar-refractivity contribution < 1.29 is 17.2 Å². The van der Waals surface area contributed by atoms with E-state index in [1.165, 1.54) is 18.5 Å². The molecule has 0 saturated heterocycles. The average Bonchev–Trinajstić information content (AvgIpc) is 3.15. The minimum absolute atomic E-state index is 0.229. The number of halogens is 2. The van der Waals surface area contributed by atoms with Crippen LogP contribution in [-0.2, 0) is 10.0 Å². The van der Waals surface area contributed by atoms with Gasteiger partial charge in [0.1, 0.15) is 35.4 Å². The number of aromatic nitrogens is 4. The van der Waals surface area contributed by atoms with Crippen LogP contribution >= 0.6 is 0 Å². The molecule has 31 heavy (non-hydrogen) atoms. The molecular weight excluding hydrogens is 426 g/mol. The summed E-state index contributed by atoms with van der Waals surface area (Å²) in [6.07, 6.45) is 4.87. The molecule has 0 atom stereocenters. The maximum Gasteiger partial charge on any atom is 0.262 e. The fourth-order valence-electron chi connectivity index (χ4n) is 2.83. The number of sulfonamides is 1. The van der Waals surface area contributed by atoms with Crippen molar-refractivity contribution in [3.8, 4) is 5.82 Å². The second kappa shape index (κ2) is 8.11. The second-order valence-electron chi connectivity index (χ2n) is 6.52. The number of nitrogens with one attached hydrogen (secondary N) is 2. The van der Waals surface area contributed by atoms with Gasteiger partial charge in [0.25, 0.3) is 10.0 Å². The third-order valence-electron chi connectivity index (χ3n) is 4.28. The van der Waals surface area contributed by atoms with Crippen molar-refractivity contribution in [3.63, 3.8) is 0 Å². The lowest BCUT2D eigenvalue weighted by atomic mass is 10.3. The number of hydrogen-bond donors (Lipinski definition) is 2. The van der Waals surface area contributed by atoms with Crippen LogP contribution in [0.15, 0.2) is 72.1 Å². The van der Waals surface area contributed by atoms with Gasteiger partial charge in [0.05, 0.1) is 4.90 Å². The van der Waals surface area contributed by atoms with Gasteiger partial charge < -0.3 is 5.32 Å². The largest absolute Gasteiger partial charge is 0.340 e. The topological polar surface area (TPSA) is 102 Å². The molecule has 0 unspecified atom stereocenters. The summed E-state index contributed by atoms with van der Waals surface area (Å²) in [6, 6.07) is 10.1. The Bertz CT molecular complexity index is 1320. The van der Waals surface area contributed by atoms with E-state index < -0.39 is 26.6 Å².